The van der Waals surface area contributed by atoms with Crippen molar-refractivity contribution in [1.82, 2.24) is 20.2 Å². The summed E-state index contributed by atoms with van der Waals surface area (Å²) in [5.74, 6) is 0.917. The lowest BCUT2D eigenvalue weighted by Gasteiger charge is -2.27. The highest BCUT2D eigenvalue weighted by Gasteiger charge is 2.33. The Morgan fingerprint density at radius 1 is 1.29 bits per heavy atom. The summed E-state index contributed by atoms with van der Waals surface area (Å²) in [5, 5.41) is 6.78. The molecule has 1 aliphatic rings. The van der Waals surface area contributed by atoms with Crippen molar-refractivity contribution in [3.05, 3.63) is 18.7 Å². The number of guanidine groups is 1. The number of ether oxygens (including phenoxy) is 1. The first-order valence-corrected chi connectivity index (χ1v) is 9.34. The van der Waals surface area contributed by atoms with E-state index < -0.39 is 0 Å². The van der Waals surface area contributed by atoms with Crippen molar-refractivity contribution >= 4 is 5.96 Å². The minimum Gasteiger partial charge on any atom is -0.382 e. The maximum absolute atomic E-state index is 5.59. The molecule has 1 aliphatic carbocycles. The minimum absolute atomic E-state index is 0.335. The Bertz CT molecular complexity index is 466. The molecule has 0 bridgehead atoms. The molecule has 6 heteroatoms. The number of imidazole rings is 1. The maximum atomic E-state index is 5.59. The van der Waals surface area contributed by atoms with E-state index in [1.165, 1.54) is 25.7 Å². The zero-order valence-corrected chi connectivity index (χ0v) is 15.3. The Balaban J connectivity index is 1.84. The van der Waals surface area contributed by atoms with Crippen molar-refractivity contribution < 1.29 is 4.74 Å². The average molecular weight is 335 g/mol. The summed E-state index contributed by atoms with van der Waals surface area (Å²) >= 11 is 0. The first-order chi connectivity index (χ1) is 11.8. The van der Waals surface area contributed by atoms with Gasteiger partial charge in [0, 0.05) is 51.8 Å². The SMILES string of the molecule is CCNC(=NCC1(CCOCC)CCCC1)NCCn1ccnc1. The van der Waals surface area contributed by atoms with E-state index >= 15 is 0 Å². The summed E-state index contributed by atoms with van der Waals surface area (Å²) in [6.45, 7) is 9.33. The molecule has 0 unspecified atom stereocenters. The molecule has 1 aromatic heterocycles. The van der Waals surface area contributed by atoms with E-state index in [1.54, 1.807) is 0 Å². The molecule has 1 fully saturated rings. The molecule has 136 valence electrons. The van der Waals surface area contributed by atoms with Crippen LogP contribution in [0.2, 0.25) is 0 Å². The van der Waals surface area contributed by atoms with E-state index in [1.807, 2.05) is 18.7 Å². The van der Waals surface area contributed by atoms with Crippen LogP contribution in [0.4, 0.5) is 0 Å². The van der Waals surface area contributed by atoms with Crippen molar-refractivity contribution in [2.24, 2.45) is 10.4 Å². The van der Waals surface area contributed by atoms with Gasteiger partial charge < -0.3 is 19.9 Å². The Kier molecular flexibility index (Phi) is 8.08. The molecule has 0 saturated heterocycles. The largest absolute Gasteiger partial charge is 0.382 e. The smallest absolute Gasteiger partial charge is 0.191 e. The molecule has 0 aromatic carbocycles. The number of nitrogens with one attached hydrogen (secondary N) is 2. The van der Waals surface area contributed by atoms with Gasteiger partial charge in [0.1, 0.15) is 0 Å². The van der Waals surface area contributed by atoms with Crippen LogP contribution in [0.5, 0.6) is 0 Å². The van der Waals surface area contributed by atoms with Gasteiger partial charge in [-0.25, -0.2) is 4.98 Å². The van der Waals surface area contributed by atoms with Gasteiger partial charge in [0.15, 0.2) is 5.96 Å². The quantitative estimate of drug-likeness (QED) is 0.392. The molecule has 1 aromatic rings. The van der Waals surface area contributed by atoms with Crippen LogP contribution in [0, 0.1) is 5.41 Å². The lowest BCUT2D eigenvalue weighted by molar-refractivity contribution is 0.107. The van der Waals surface area contributed by atoms with Gasteiger partial charge >= 0.3 is 0 Å². The highest BCUT2D eigenvalue weighted by Crippen LogP contribution is 2.41. The van der Waals surface area contributed by atoms with Gasteiger partial charge in [-0.1, -0.05) is 12.8 Å². The molecule has 1 saturated carbocycles. The lowest BCUT2D eigenvalue weighted by atomic mass is 9.83. The summed E-state index contributed by atoms with van der Waals surface area (Å²) in [6.07, 6.45) is 12.0. The van der Waals surface area contributed by atoms with Gasteiger partial charge in [-0.05, 0) is 38.5 Å². The van der Waals surface area contributed by atoms with Gasteiger partial charge in [0.25, 0.3) is 0 Å². The second kappa shape index (κ2) is 10.3. The number of rotatable bonds is 10. The Hall–Kier alpha value is -1.56. The van der Waals surface area contributed by atoms with E-state index in [0.29, 0.717) is 5.41 Å². The molecule has 0 radical (unpaired) electrons. The van der Waals surface area contributed by atoms with E-state index in [2.05, 4.69) is 34.0 Å². The summed E-state index contributed by atoms with van der Waals surface area (Å²) in [7, 11) is 0. The van der Waals surface area contributed by atoms with E-state index in [0.717, 1.165) is 51.8 Å². The number of aromatic nitrogens is 2. The predicted octanol–water partition coefficient (Wildman–Crippen LogP) is 2.43. The van der Waals surface area contributed by atoms with Crippen LogP contribution in [0.3, 0.4) is 0 Å². The average Bonchev–Trinajstić information content (AvgIpc) is 3.25. The van der Waals surface area contributed by atoms with Crippen LogP contribution in [0.1, 0.15) is 46.0 Å². The fourth-order valence-electron chi connectivity index (χ4n) is 3.36. The molecule has 0 aliphatic heterocycles. The van der Waals surface area contributed by atoms with Gasteiger partial charge in [-0.15, -0.1) is 0 Å². The van der Waals surface area contributed by atoms with Crippen LogP contribution in [-0.2, 0) is 11.3 Å². The topological polar surface area (TPSA) is 63.5 Å². The number of aliphatic imine (C=N–C) groups is 1. The van der Waals surface area contributed by atoms with E-state index in [4.69, 9.17) is 9.73 Å². The highest BCUT2D eigenvalue weighted by atomic mass is 16.5. The van der Waals surface area contributed by atoms with Crippen LogP contribution < -0.4 is 10.6 Å². The van der Waals surface area contributed by atoms with Crippen LogP contribution in [0.15, 0.2) is 23.7 Å². The van der Waals surface area contributed by atoms with Crippen LogP contribution in [-0.4, -0.2) is 48.4 Å². The van der Waals surface area contributed by atoms with Crippen molar-refractivity contribution in [3.8, 4) is 0 Å². The monoisotopic (exact) mass is 335 g/mol. The molecule has 24 heavy (non-hydrogen) atoms. The number of hydrogen-bond acceptors (Lipinski definition) is 3. The molecule has 0 amide bonds. The molecule has 2 N–H and O–H groups in total. The number of nitrogens with zero attached hydrogens (tertiary/aromatic N) is 3. The van der Waals surface area contributed by atoms with Crippen molar-refractivity contribution in [2.75, 3.05) is 32.8 Å². The first kappa shape index (κ1) is 18.8. The fourth-order valence-corrected chi connectivity index (χ4v) is 3.36. The van der Waals surface area contributed by atoms with Crippen molar-refractivity contribution in [3.63, 3.8) is 0 Å². The van der Waals surface area contributed by atoms with Gasteiger partial charge in [-0.3, -0.25) is 4.99 Å². The Morgan fingerprint density at radius 3 is 2.79 bits per heavy atom. The lowest BCUT2D eigenvalue weighted by Crippen LogP contribution is -2.39. The molecular weight excluding hydrogens is 302 g/mol. The van der Waals surface area contributed by atoms with Gasteiger partial charge in [-0.2, -0.15) is 0 Å². The third kappa shape index (κ3) is 6.15. The van der Waals surface area contributed by atoms with Gasteiger partial charge in [0.2, 0.25) is 0 Å². The van der Waals surface area contributed by atoms with E-state index in [9.17, 15) is 0 Å². The molecule has 2 rings (SSSR count). The second-order valence-electron chi connectivity index (χ2n) is 6.58. The summed E-state index contributed by atoms with van der Waals surface area (Å²) in [6, 6.07) is 0. The molecule has 1 heterocycles. The zero-order valence-electron chi connectivity index (χ0n) is 15.3. The molecular formula is C18H33N5O. The molecule has 0 spiro atoms. The highest BCUT2D eigenvalue weighted by molar-refractivity contribution is 5.79. The molecule has 0 atom stereocenters. The first-order valence-electron chi connectivity index (χ1n) is 9.34. The third-order valence-corrected chi connectivity index (χ3v) is 4.78. The fraction of sp³-hybridized carbons (Fsp3) is 0.778. The van der Waals surface area contributed by atoms with Crippen LogP contribution >= 0.6 is 0 Å². The molecule has 6 nitrogen and oxygen atoms in total. The maximum Gasteiger partial charge on any atom is 0.191 e. The minimum atomic E-state index is 0.335. The zero-order chi connectivity index (χ0) is 17.1. The third-order valence-electron chi connectivity index (χ3n) is 4.78. The predicted molar refractivity (Wildman–Crippen MR) is 98.2 cm³/mol. The Morgan fingerprint density at radius 2 is 2.12 bits per heavy atom. The summed E-state index contributed by atoms with van der Waals surface area (Å²) < 4.78 is 7.66. The summed E-state index contributed by atoms with van der Waals surface area (Å²) in [5.41, 5.74) is 0.335. The van der Waals surface area contributed by atoms with Crippen molar-refractivity contribution in [1.29, 1.82) is 0 Å². The van der Waals surface area contributed by atoms with Crippen LogP contribution in [0.25, 0.3) is 0 Å². The van der Waals surface area contributed by atoms with Crippen molar-refractivity contribution in [2.45, 2.75) is 52.5 Å². The van der Waals surface area contributed by atoms with E-state index in [-0.39, 0.29) is 0 Å². The summed E-state index contributed by atoms with van der Waals surface area (Å²) in [4.78, 5) is 8.95. The number of hydrogen-bond donors (Lipinski definition) is 2. The second-order valence-corrected chi connectivity index (χ2v) is 6.58. The van der Waals surface area contributed by atoms with Gasteiger partial charge in [0.05, 0.1) is 6.33 Å². The standard InChI is InChI=1S/C18H33N5O/c1-3-20-17(21-11-13-23-12-10-19-16-23)22-15-18(7-5-6-8-18)9-14-24-4-2/h10,12,16H,3-9,11,13-15H2,1-2H3,(H2,20,21,22). The Labute approximate surface area is 146 Å². The normalized spacial score (nSPS) is 17.2.